The molecule has 0 spiro atoms. The van der Waals surface area contributed by atoms with E-state index in [4.69, 9.17) is 38.5 Å². The predicted molar refractivity (Wildman–Crippen MR) is 214 cm³/mol. The molecule has 6 aromatic rings. The molecule has 7 rings (SSSR count). The van der Waals surface area contributed by atoms with Crippen LogP contribution in [0.1, 0.15) is 49.9 Å². The molecular formula is C41H41N9O11. The number of esters is 1. The van der Waals surface area contributed by atoms with Crippen LogP contribution in [0, 0.1) is 17.4 Å². The number of ether oxygens (including phenoxy) is 5. The number of carbonyl (C=O) groups excluding carboxylic acids is 3. The van der Waals surface area contributed by atoms with Gasteiger partial charge in [0.1, 0.15) is 17.7 Å². The molecule has 20 heteroatoms. The molecule has 20 nitrogen and oxygen atoms in total. The molecule has 1 N–H and O–H groups in total. The number of aromatic nitrogens is 6. The number of hydrogen-bond donors (Lipinski definition) is 1. The van der Waals surface area contributed by atoms with Crippen molar-refractivity contribution in [2.45, 2.75) is 12.8 Å². The van der Waals surface area contributed by atoms with Crippen molar-refractivity contribution in [2.75, 3.05) is 48.6 Å². The molecule has 0 bridgehead atoms. The zero-order valence-corrected chi connectivity index (χ0v) is 33.7. The maximum Gasteiger partial charge on any atom is 0.376 e. The number of aldehydes is 1. The Morgan fingerprint density at radius 1 is 0.770 bits per heavy atom. The molecule has 316 valence electrons. The fourth-order valence-electron chi connectivity index (χ4n) is 5.26. The lowest BCUT2D eigenvalue weighted by atomic mass is 10.0. The van der Waals surface area contributed by atoms with Gasteiger partial charge in [0.15, 0.2) is 6.19 Å². The number of pyridine rings is 4. The summed E-state index contributed by atoms with van der Waals surface area (Å²) in [4.78, 5) is 51.0. The third-order valence-electron chi connectivity index (χ3n) is 8.34. The van der Waals surface area contributed by atoms with E-state index in [9.17, 15) is 14.4 Å². The number of rotatable bonds is 12. The zero-order valence-electron chi connectivity index (χ0n) is 33.7. The first-order chi connectivity index (χ1) is 29.7. The molecule has 7 heterocycles. The number of nitriles is 1. The van der Waals surface area contributed by atoms with Crippen LogP contribution >= 0.6 is 0 Å². The summed E-state index contributed by atoms with van der Waals surface area (Å²) in [7, 11) is 7.38. The molecule has 0 aliphatic carbocycles. The van der Waals surface area contributed by atoms with Crippen LogP contribution in [-0.2, 0) is 4.74 Å². The molecular weight excluding hydrogens is 795 g/mol. The Labute approximate surface area is 349 Å². The van der Waals surface area contributed by atoms with E-state index in [-0.39, 0.29) is 23.2 Å². The lowest BCUT2D eigenvalue weighted by molar-refractivity contribution is 0.0554. The normalized spacial score (nSPS) is 12.5. The summed E-state index contributed by atoms with van der Waals surface area (Å²) < 4.78 is 34.3. The van der Waals surface area contributed by atoms with Crippen LogP contribution in [0.25, 0.3) is 22.5 Å². The van der Waals surface area contributed by atoms with Gasteiger partial charge in [0.25, 0.3) is 0 Å². The number of likely N-dealkylation sites (tertiary alicyclic amines) is 1. The van der Waals surface area contributed by atoms with Gasteiger partial charge in [-0.15, -0.1) is 0 Å². The van der Waals surface area contributed by atoms with E-state index in [2.05, 4.69) is 46.3 Å². The third-order valence-corrected chi connectivity index (χ3v) is 8.34. The molecule has 1 saturated heterocycles. The summed E-state index contributed by atoms with van der Waals surface area (Å²) in [6, 6.07) is 16.6. The summed E-state index contributed by atoms with van der Waals surface area (Å²) in [5, 5.41) is 27.6. The van der Waals surface area contributed by atoms with Crippen LogP contribution in [-0.4, -0.2) is 113 Å². The molecule has 61 heavy (non-hydrogen) atoms. The van der Waals surface area contributed by atoms with Gasteiger partial charge >= 0.3 is 5.97 Å². The van der Waals surface area contributed by atoms with E-state index in [1.807, 2.05) is 0 Å². The van der Waals surface area contributed by atoms with Crippen molar-refractivity contribution >= 4 is 24.3 Å². The standard InChI is InChI=1S/C16H16N4O3.C11H10N2O4.C7H8N2O2.C7H7NO2/c1-22-16-7-12(2-4-18-16)13-8-15(23-19-13)14(21)6-11-3-5-20(9-11)10-17;1-15-10-5-7(3-4-12-10)8-6-9(17-13-8)11(14)16-2;1-11-7-4-6(5-9-10)2-3-8-7;1-10-7-4-6(5-9)2-3-8-7/h2,4,7-8,11H,3,5-6,9H2,1H3;3-6H,1-2H3;2-5,10H,1H3;2-5H,1H3/b;;9-5+;/t11-;;;/m0.../s1. The van der Waals surface area contributed by atoms with Crippen molar-refractivity contribution in [1.29, 1.82) is 5.26 Å². The maximum absolute atomic E-state index is 12.3. The molecule has 0 unspecified atom stereocenters. The summed E-state index contributed by atoms with van der Waals surface area (Å²) in [6.45, 7) is 1.34. The minimum absolute atomic E-state index is 0.0540. The highest BCUT2D eigenvalue weighted by Gasteiger charge is 2.26. The first kappa shape index (κ1) is 45.5. The van der Waals surface area contributed by atoms with Crippen molar-refractivity contribution in [2.24, 2.45) is 11.1 Å². The molecule has 0 aromatic carbocycles. The van der Waals surface area contributed by atoms with Crippen LogP contribution in [0.3, 0.4) is 0 Å². The highest BCUT2D eigenvalue weighted by Crippen LogP contribution is 2.25. The van der Waals surface area contributed by atoms with Crippen molar-refractivity contribution in [3.63, 3.8) is 0 Å². The second-order valence-corrected chi connectivity index (χ2v) is 12.3. The third kappa shape index (κ3) is 14.0. The Morgan fingerprint density at radius 2 is 1.26 bits per heavy atom. The van der Waals surface area contributed by atoms with Gasteiger partial charge in [-0.2, -0.15) is 5.26 Å². The number of hydrogen-bond acceptors (Lipinski definition) is 20. The molecule has 1 aliphatic rings. The molecule has 1 atom stereocenters. The van der Waals surface area contributed by atoms with Gasteiger partial charge in [0.05, 0.1) is 41.8 Å². The number of ketones is 1. The highest BCUT2D eigenvalue weighted by molar-refractivity contribution is 5.94. The minimum atomic E-state index is -0.565. The second-order valence-electron chi connectivity index (χ2n) is 12.3. The predicted octanol–water partition coefficient (Wildman–Crippen LogP) is 5.45. The number of oxime groups is 1. The Kier molecular flexibility index (Phi) is 17.8. The van der Waals surface area contributed by atoms with Gasteiger partial charge in [-0.05, 0) is 36.6 Å². The highest BCUT2D eigenvalue weighted by atomic mass is 16.5. The zero-order chi connectivity index (χ0) is 44.0. The fourth-order valence-corrected chi connectivity index (χ4v) is 5.26. The Hall–Kier alpha value is -8.21. The molecule has 1 fully saturated rings. The van der Waals surface area contributed by atoms with E-state index < -0.39 is 5.97 Å². The summed E-state index contributed by atoms with van der Waals surface area (Å²) >= 11 is 0. The fraction of sp³-hybridized carbons (Fsp3) is 0.244. The molecule has 0 saturated carbocycles. The van der Waals surface area contributed by atoms with E-state index in [0.717, 1.165) is 29.4 Å². The lowest BCUT2D eigenvalue weighted by Crippen LogP contribution is -2.15. The summed E-state index contributed by atoms with van der Waals surface area (Å²) in [5.74, 6) is 1.73. The van der Waals surface area contributed by atoms with Crippen LogP contribution in [0.5, 0.6) is 23.5 Å². The van der Waals surface area contributed by atoms with Crippen LogP contribution in [0.4, 0.5) is 0 Å². The number of methoxy groups -OCH3 is 5. The summed E-state index contributed by atoms with van der Waals surface area (Å²) in [5.41, 5.74) is 3.93. The van der Waals surface area contributed by atoms with Crippen LogP contribution < -0.4 is 18.9 Å². The monoisotopic (exact) mass is 835 g/mol. The molecule has 6 aromatic heterocycles. The van der Waals surface area contributed by atoms with Gasteiger partial charge in [0.2, 0.25) is 40.8 Å². The lowest BCUT2D eigenvalue weighted by Gasteiger charge is -2.06. The number of Topliss-reactive ketones (excluding diaryl/α,β-unsaturated/α-hetero) is 1. The van der Waals surface area contributed by atoms with Crippen molar-refractivity contribution < 1.29 is 52.3 Å². The van der Waals surface area contributed by atoms with Gasteiger partial charge in [-0.1, -0.05) is 15.5 Å². The average molecular weight is 836 g/mol. The van der Waals surface area contributed by atoms with E-state index in [1.165, 1.54) is 54.0 Å². The van der Waals surface area contributed by atoms with Gasteiger partial charge in [-0.25, -0.2) is 24.7 Å². The average Bonchev–Trinajstić information content (AvgIpc) is 4.12. The quantitative estimate of drug-likeness (QED) is 0.0305. The Morgan fingerprint density at radius 3 is 1.75 bits per heavy atom. The van der Waals surface area contributed by atoms with E-state index in [1.54, 1.807) is 78.1 Å². The first-order valence-corrected chi connectivity index (χ1v) is 18.0. The Bertz CT molecular complexity index is 2410. The van der Waals surface area contributed by atoms with Crippen LogP contribution in [0.2, 0.25) is 0 Å². The van der Waals surface area contributed by atoms with Crippen molar-refractivity contribution in [1.82, 2.24) is 35.1 Å². The first-order valence-electron chi connectivity index (χ1n) is 18.0. The molecule has 0 radical (unpaired) electrons. The largest absolute Gasteiger partial charge is 0.481 e. The SMILES string of the molecule is COC(=O)c1cc(-c2ccnc(OC)c2)no1.COc1cc(-c2cc(C(=O)C[C@@H]3CCN(C#N)C3)on2)ccn1.COc1cc(/C=N/O)ccn1.COc1cc(C=O)ccn1. The van der Waals surface area contributed by atoms with E-state index >= 15 is 0 Å². The van der Waals surface area contributed by atoms with Gasteiger partial charge in [0, 0.05) is 103 Å². The second kappa shape index (κ2) is 23.9. The maximum atomic E-state index is 12.3. The molecule has 1 aliphatic heterocycles. The number of carbonyl (C=O) groups is 3. The van der Waals surface area contributed by atoms with E-state index in [0.29, 0.717) is 60.0 Å². The van der Waals surface area contributed by atoms with Gasteiger partial charge in [-0.3, -0.25) is 9.59 Å². The number of nitrogens with zero attached hydrogens (tertiary/aromatic N) is 9. The summed E-state index contributed by atoms with van der Waals surface area (Å²) in [6.07, 6.45) is 11.7. The topological polar surface area (TPSA) is 261 Å². The smallest absolute Gasteiger partial charge is 0.376 e. The van der Waals surface area contributed by atoms with Crippen LogP contribution in [0.15, 0.2) is 99.7 Å². The molecule has 0 amide bonds. The van der Waals surface area contributed by atoms with Gasteiger partial charge < -0.3 is 42.8 Å². The van der Waals surface area contributed by atoms with Crippen molar-refractivity contribution in [3.05, 3.63) is 108 Å². The Balaban J connectivity index is 0.000000190. The van der Waals surface area contributed by atoms with Crippen molar-refractivity contribution in [3.8, 4) is 52.2 Å². The minimum Gasteiger partial charge on any atom is -0.481 e.